The van der Waals surface area contributed by atoms with Gasteiger partial charge in [0.25, 0.3) is 0 Å². The Labute approximate surface area is 127 Å². The van der Waals surface area contributed by atoms with Crippen LogP contribution in [0.2, 0.25) is 0 Å². The minimum absolute atomic E-state index is 0.954. The molecule has 0 unspecified atom stereocenters. The van der Waals surface area contributed by atoms with Crippen LogP contribution >= 0.6 is 0 Å². The summed E-state index contributed by atoms with van der Waals surface area (Å²) in [5, 5.41) is 0. The van der Waals surface area contributed by atoms with Gasteiger partial charge in [0.05, 0.1) is 0 Å². The molecule has 0 radical (unpaired) electrons. The van der Waals surface area contributed by atoms with E-state index in [2.05, 4.69) is 44.4 Å². The molecule has 112 valence electrons. The SMILES string of the molecule is C=CC1=C(/C=C\C)C(/C=C\CC)=C(C=C)C1.CC.CC. The van der Waals surface area contributed by atoms with Crippen LogP contribution in [0.4, 0.5) is 0 Å². The predicted molar refractivity (Wildman–Crippen MR) is 96.0 cm³/mol. The molecule has 0 spiro atoms. The smallest absolute Gasteiger partial charge is 0.00139 e. The fourth-order valence-corrected chi connectivity index (χ4v) is 1.90. The summed E-state index contributed by atoms with van der Waals surface area (Å²) in [6.45, 7) is 20.0. The van der Waals surface area contributed by atoms with E-state index < -0.39 is 0 Å². The molecular weight excluding hydrogens is 240 g/mol. The maximum absolute atomic E-state index is 3.89. The summed E-state index contributed by atoms with van der Waals surface area (Å²) in [5.74, 6) is 0. The topological polar surface area (TPSA) is 0 Å². The second-order valence-corrected chi connectivity index (χ2v) is 3.77. The third-order valence-electron chi connectivity index (χ3n) is 2.71. The third kappa shape index (κ3) is 6.06. The first kappa shape index (κ1) is 20.8. The lowest BCUT2D eigenvalue weighted by molar-refractivity contribution is 1.22. The molecule has 0 atom stereocenters. The van der Waals surface area contributed by atoms with Crippen molar-refractivity contribution in [3.63, 3.8) is 0 Å². The molecule has 1 aliphatic carbocycles. The van der Waals surface area contributed by atoms with Gasteiger partial charge in [0.15, 0.2) is 0 Å². The van der Waals surface area contributed by atoms with Gasteiger partial charge in [-0.25, -0.2) is 0 Å². The van der Waals surface area contributed by atoms with Gasteiger partial charge in [-0.2, -0.15) is 0 Å². The van der Waals surface area contributed by atoms with E-state index in [1.54, 1.807) is 0 Å². The van der Waals surface area contributed by atoms with E-state index in [4.69, 9.17) is 0 Å². The lowest BCUT2D eigenvalue weighted by atomic mass is 10.0. The van der Waals surface area contributed by atoms with Gasteiger partial charge in [-0.1, -0.05) is 84.2 Å². The van der Waals surface area contributed by atoms with Crippen molar-refractivity contribution in [2.24, 2.45) is 0 Å². The summed E-state index contributed by atoms with van der Waals surface area (Å²) in [6.07, 6.45) is 14.5. The third-order valence-corrected chi connectivity index (χ3v) is 2.71. The van der Waals surface area contributed by atoms with Crippen molar-refractivity contribution in [2.45, 2.75) is 54.4 Å². The van der Waals surface area contributed by atoms with E-state index in [0.717, 1.165) is 12.8 Å². The van der Waals surface area contributed by atoms with Gasteiger partial charge in [-0.15, -0.1) is 0 Å². The maximum Gasteiger partial charge on any atom is -0.00139 e. The van der Waals surface area contributed by atoms with Crippen molar-refractivity contribution < 1.29 is 0 Å². The van der Waals surface area contributed by atoms with Crippen LogP contribution < -0.4 is 0 Å². The first-order chi connectivity index (χ1) is 9.78. The van der Waals surface area contributed by atoms with E-state index in [0.29, 0.717) is 0 Å². The Kier molecular flexibility index (Phi) is 14.4. The molecule has 0 heterocycles. The van der Waals surface area contributed by atoms with Crippen molar-refractivity contribution in [3.8, 4) is 0 Å². The largest absolute Gasteiger partial charge is 0.0988 e. The molecule has 0 aromatic rings. The van der Waals surface area contributed by atoms with Crippen LogP contribution in [-0.4, -0.2) is 0 Å². The Bertz CT molecular complexity index is 398. The molecule has 0 fully saturated rings. The van der Waals surface area contributed by atoms with Crippen molar-refractivity contribution in [2.75, 3.05) is 0 Å². The van der Waals surface area contributed by atoms with Crippen LogP contribution in [0.25, 0.3) is 0 Å². The molecule has 0 bridgehead atoms. The zero-order valence-electron chi connectivity index (χ0n) is 14.3. The Hall–Kier alpha value is -1.56. The second kappa shape index (κ2) is 13.9. The van der Waals surface area contributed by atoms with Gasteiger partial charge >= 0.3 is 0 Å². The molecule has 0 amide bonds. The molecule has 0 saturated heterocycles. The molecule has 20 heavy (non-hydrogen) atoms. The van der Waals surface area contributed by atoms with Gasteiger partial charge < -0.3 is 0 Å². The fourth-order valence-electron chi connectivity index (χ4n) is 1.90. The molecule has 0 N–H and O–H groups in total. The highest BCUT2D eigenvalue weighted by Crippen LogP contribution is 2.35. The lowest BCUT2D eigenvalue weighted by Crippen LogP contribution is -1.82. The Morgan fingerprint density at radius 1 is 0.900 bits per heavy atom. The van der Waals surface area contributed by atoms with Gasteiger partial charge in [0.1, 0.15) is 0 Å². The van der Waals surface area contributed by atoms with Crippen molar-refractivity contribution in [1.82, 2.24) is 0 Å². The monoisotopic (exact) mass is 272 g/mol. The second-order valence-electron chi connectivity index (χ2n) is 3.77. The summed E-state index contributed by atoms with van der Waals surface area (Å²) >= 11 is 0. The number of hydrogen-bond donors (Lipinski definition) is 0. The minimum atomic E-state index is 0.954. The van der Waals surface area contributed by atoms with E-state index >= 15 is 0 Å². The molecule has 0 nitrogen and oxygen atoms in total. The number of rotatable bonds is 5. The van der Waals surface area contributed by atoms with Crippen LogP contribution in [-0.2, 0) is 0 Å². The van der Waals surface area contributed by atoms with Gasteiger partial charge in [-0.3, -0.25) is 0 Å². The first-order valence-corrected chi connectivity index (χ1v) is 7.79. The highest BCUT2D eigenvalue weighted by molar-refractivity contribution is 5.62. The molecular formula is C20H32. The molecule has 0 aromatic carbocycles. The van der Waals surface area contributed by atoms with E-state index in [9.17, 15) is 0 Å². The summed E-state index contributed by atoms with van der Waals surface area (Å²) < 4.78 is 0. The van der Waals surface area contributed by atoms with Crippen molar-refractivity contribution in [3.05, 3.63) is 71.9 Å². The molecule has 1 aliphatic rings. The van der Waals surface area contributed by atoms with E-state index in [1.165, 1.54) is 22.3 Å². The number of hydrogen-bond acceptors (Lipinski definition) is 0. The van der Waals surface area contributed by atoms with E-state index in [-0.39, 0.29) is 0 Å². The molecule has 0 aromatic heterocycles. The summed E-state index contributed by atoms with van der Waals surface area (Å²) in [6, 6.07) is 0. The Morgan fingerprint density at radius 3 is 1.70 bits per heavy atom. The van der Waals surface area contributed by atoms with Crippen LogP contribution in [0, 0.1) is 0 Å². The van der Waals surface area contributed by atoms with Crippen LogP contribution in [0.15, 0.2) is 71.9 Å². The fraction of sp³-hybridized carbons (Fsp3) is 0.400. The molecule has 1 rings (SSSR count). The minimum Gasteiger partial charge on any atom is -0.0988 e. The highest BCUT2D eigenvalue weighted by Gasteiger charge is 2.16. The quantitative estimate of drug-likeness (QED) is 0.508. The zero-order valence-corrected chi connectivity index (χ0v) is 14.3. The molecule has 0 heteroatoms. The summed E-state index contributed by atoms with van der Waals surface area (Å²) in [7, 11) is 0. The van der Waals surface area contributed by atoms with Gasteiger partial charge in [0, 0.05) is 0 Å². The number of allylic oxidation sites excluding steroid dienone is 10. The Balaban J connectivity index is 0. The predicted octanol–water partition coefficient (Wildman–Crippen LogP) is 6.95. The van der Waals surface area contributed by atoms with Crippen molar-refractivity contribution >= 4 is 0 Å². The maximum atomic E-state index is 3.89. The van der Waals surface area contributed by atoms with Crippen LogP contribution in [0.1, 0.15) is 54.4 Å². The van der Waals surface area contributed by atoms with Gasteiger partial charge in [0.2, 0.25) is 0 Å². The van der Waals surface area contributed by atoms with E-state index in [1.807, 2.05) is 46.8 Å². The average Bonchev–Trinajstić information content (AvgIpc) is 2.86. The van der Waals surface area contributed by atoms with Gasteiger partial charge in [-0.05, 0) is 42.1 Å². The van der Waals surface area contributed by atoms with Crippen LogP contribution in [0.3, 0.4) is 0 Å². The summed E-state index contributed by atoms with van der Waals surface area (Å²) in [5.41, 5.74) is 5.18. The normalized spacial score (nSPS) is 14.1. The zero-order chi connectivity index (χ0) is 16.0. The van der Waals surface area contributed by atoms with Crippen LogP contribution in [0.5, 0.6) is 0 Å². The Morgan fingerprint density at radius 2 is 1.35 bits per heavy atom. The summed E-state index contributed by atoms with van der Waals surface area (Å²) in [4.78, 5) is 0. The molecule has 0 aliphatic heterocycles. The standard InChI is InChI=1S/C16H20.2C2H6/c1-5-9-11-16-14(8-4)12-13(7-3)15(16)10-6-2;2*1-2/h6-11H,3-5,12H2,1-2H3;2*1-2H3/b10-6-,11-9-;;. The first-order valence-electron chi connectivity index (χ1n) is 7.79. The molecule has 0 saturated carbocycles. The highest BCUT2D eigenvalue weighted by atomic mass is 14.2. The van der Waals surface area contributed by atoms with Crippen molar-refractivity contribution in [1.29, 1.82) is 0 Å². The average molecular weight is 272 g/mol. The lowest BCUT2D eigenvalue weighted by Gasteiger charge is -2.01.